The van der Waals surface area contributed by atoms with Crippen molar-refractivity contribution in [3.8, 4) is 0 Å². The molecule has 0 bridgehead atoms. The largest absolute Gasteiger partial charge is 0.316 e. The molecule has 0 radical (unpaired) electrons. The molecule has 1 N–H and O–H groups in total. The average molecular weight is 275 g/mol. The van der Waals surface area contributed by atoms with Gasteiger partial charge in [-0.1, -0.05) is 19.4 Å². The summed E-state index contributed by atoms with van der Waals surface area (Å²) in [6.07, 6.45) is 7.16. The van der Waals surface area contributed by atoms with Gasteiger partial charge in [0.05, 0.1) is 11.7 Å². The monoisotopic (exact) mass is 275 g/mol. The van der Waals surface area contributed by atoms with Crippen LogP contribution in [-0.2, 0) is 0 Å². The van der Waals surface area contributed by atoms with Gasteiger partial charge < -0.3 is 5.32 Å². The van der Waals surface area contributed by atoms with E-state index in [1.807, 2.05) is 6.20 Å². The highest BCUT2D eigenvalue weighted by molar-refractivity contribution is 5.16. The fourth-order valence-electron chi connectivity index (χ4n) is 3.22. The number of rotatable bonds is 5. The van der Waals surface area contributed by atoms with Crippen LogP contribution in [0, 0.1) is 12.8 Å². The fourth-order valence-corrected chi connectivity index (χ4v) is 3.22. The standard InChI is InChI=1S/C17H29N3/c1-4-10-18-13-15-7-5-6-11-20(3)17(15)16-9-8-14(2)12-19-16/h8-9,12,15,17-18H,4-7,10-11,13H2,1-3H3. The third kappa shape index (κ3) is 4.03. The van der Waals surface area contributed by atoms with Crippen LogP contribution in [0.4, 0.5) is 0 Å². The summed E-state index contributed by atoms with van der Waals surface area (Å²) >= 11 is 0. The van der Waals surface area contributed by atoms with E-state index in [-0.39, 0.29) is 0 Å². The van der Waals surface area contributed by atoms with Crippen LogP contribution >= 0.6 is 0 Å². The normalized spacial score (nSPS) is 24.6. The zero-order chi connectivity index (χ0) is 14.4. The number of pyridine rings is 1. The molecule has 0 aliphatic carbocycles. The lowest BCUT2D eigenvalue weighted by Gasteiger charge is -2.32. The molecule has 0 amide bonds. The fraction of sp³-hybridized carbons (Fsp3) is 0.706. The van der Waals surface area contributed by atoms with Gasteiger partial charge in [0.25, 0.3) is 0 Å². The molecule has 0 saturated carbocycles. The molecule has 0 spiro atoms. The van der Waals surface area contributed by atoms with Crippen molar-refractivity contribution in [2.75, 3.05) is 26.7 Å². The van der Waals surface area contributed by atoms with Crippen LogP contribution in [0.5, 0.6) is 0 Å². The molecule has 3 nitrogen and oxygen atoms in total. The maximum absolute atomic E-state index is 4.70. The number of aromatic nitrogens is 1. The molecular weight excluding hydrogens is 246 g/mol. The first-order chi connectivity index (χ1) is 9.72. The summed E-state index contributed by atoms with van der Waals surface area (Å²) in [5.74, 6) is 0.671. The summed E-state index contributed by atoms with van der Waals surface area (Å²) in [6.45, 7) is 7.75. The van der Waals surface area contributed by atoms with Gasteiger partial charge in [0, 0.05) is 6.20 Å². The van der Waals surface area contributed by atoms with Crippen molar-refractivity contribution in [2.45, 2.75) is 45.6 Å². The molecule has 2 atom stereocenters. The van der Waals surface area contributed by atoms with Gasteiger partial charge in [-0.3, -0.25) is 9.88 Å². The molecule has 2 rings (SSSR count). The maximum Gasteiger partial charge on any atom is 0.0578 e. The molecule has 2 unspecified atom stereocenters. The molecule has 112 valence electrons. The Morgan fingerprint density at radius 1 is 1.35 bits per heavy atom. The number of nitrogens with one attached hydrogen (secondary N) is 1. The highest BCUT2D eigenvalue weighted by Gasteiger charge is 2.29. The van der Waals surface area contributed by atoms with Gasteiger partial charge in [0.1, 0.15) is 0 Å². The van der Waals surface area contributed by atoms with Crippen molar-refractivity contribution >= 4 is 0 Å². The summed E-state index contributed by atoms with van der Waals surface area (Å²) in [7, 11) is 2.25. The van der Waals surface area contributed by atoms with E-state index in [0.29, 0.717) is 12.0 Å². The lowest BCUT2D eigenvalue weighted by Crippen LogP contribution is -2.35. The van der Waals surface area contributed by atoms with Gasteiger partial charge in [-0.15, -0.1) is 0 Å². The first kappa shape index (κ1) is 15.5. The lowest BCUT2D eigenvalue weighted by atomic mass is 9.91. The Hall–Kier alpha value is -0.930. The predicted molar refractivity (Wildman–Crippen MR) is 84.8 cm³/mol. The van der Waals surface area contributed by atoms with Crippen LogP contribution < -0.4 is 5.32 Å². The number of hydrogen-bond acceptors (Lipinski definition) is 3. The predicted octanol–water partition coefficient (Wildman–Crippen LogP) is 3.16. The Morgan fingerprint density at radius 2 is 2.20 bits per heavy atom. The Labute approximate surface area is 123 Å². The topological polar surface area (TPSA) is 28.2 Å². The zero-order valence-electron chi connectivity index (χ0n) is 13.2. The quantitative estimate of drug-likeness (QED) is 0.837. The van der Waals surface area contributed by atoms with E-state index in [1.54, 1.807) is 0 Å². The SMILES string of the molecule is CCCNCC1CCCCN(C)C1c1ccc(C)cn1. The molecular formula is C17H29N3. The summed E-state index contributed by atoms with van der Waals surface area (Å²) in [4.78, 5) is 7.21. The van der Waals surface area contributed by atoms with E-state index >= 15 is 0 Å². The van der Waals surface area contributed by atoms with Crippen molar-refractivity contribution in [1.29, 1.82) is 0 Å². The molecule has 0 aromatic carbocycles. The van der Waals surface area contributed by atoms with Crippen LogP contribution in [0.3, 0.4) is 0 Å². The lowest BCUT2D eigenvalue weighted by molar-refractivity contribution is 0.185. The number of likely N-dealkylation sites (tertiary alicyclic amines) is 1. The molecule has 1 aromatic heterocycles. The van der Waals surface area contributed by atoms with E-state index in [9.17, 15) is 0 Å². The Morgan fingerprint density at radius 3 is 2.90 bits per heavy atom. The average Bonchev–Trinajstić information content (AvgIpc) is 2.62. The second-order valence-electron chi connectivity index (χ2n) is 6.15. The maximum atomic E-state index is 4.70. The third-order valence-corrected chi connectivity index (χ3v) is 4.33. The van der Waals surface area contributed by atoms with E-state index in [4.69, 9.17) is 4.98 Å². The molecule has 1 fully saturated rings. The van der Waals surface area contributed by atoms with Crippen molar-refractivity contribution in [3.63, 3.8) is 0 Å². The van der Waals surface area contributed by atoms with Crippen LogP contribution in [0.25, 0.3) is 0 Å². The highest BCUT2D eigenvalue weighted by Crippen LogP contribution is 2.32. The summed E-state index contributed by atoms with van der Waals surface area (Å²) in [6, 6.07) is 4.87. The van der Waals surface area contributed by atoms with Gasteiger partial charge in [0.2, 0.25) is 0 Å². The minimum absolute atomic E-state index is 0.461. The molecule has 1 saturated heterocycles. The molecule has 2 heterocycles. The van der Waals surface area contributed by atoms with Crippen LogP contribution in [-0.4, -0.2) is 36.6 Å². The van der Waals surface area contributed by atoms with E-state index in [1.165, 1.54) is 43.5 Å². The summed E-state index contributed by atoms with van der Waals surface area (Å²) in [5, 5.41) is 3.61. The molecule has 3 heteroatoms. The first-order valence-corrected chi connectivity index (χ1v) is 8.06. The molecule has 1 aliphatic heterocycles. The van der Waals surface area contributed by atoms with Crippen molar-refractivity contribution in [2.24, 2.45) is 5.92 Å². The Balaban J connectivity index is 2.14. The third-order valence-electron chi connectivity index (χ3n) is 4.33. The Bertz CT molecular complexity index is 388. The Kier molecular flexibility index (Phi) is 5.99. The van der Waals surface area contributed by atoms with Gasteiger partial charge in [0.15, 0.2) is 0 Å². The van der Waals surface area contributed by atoms with Crippen LogP contribution in [0.2, 0.25) is 0 Å². The number of hydrogen-bond donors (Lipinski definition) is 1. The second kappa shape index (κ2) is 7.75. The molecule has 1 aliphatic rings. The second-order valence-corrected chi connectivity index (χ2v) is 6.15. The van der Waals surface area contributed by atoms with Crippen molar-refractivity contribution in [1.82, 2.24) is 15.2 Å². The number of nitrogens with zero attached hydrogens (tertiary/aromatic N) is 2. The van der Waals surface area contributed by atoms with Crippen molar-refractivity contribution < 1.29 is 0 Å². The van der Waals surface area contributed by atoms with Gasteiger partial charge in [-0.05, 0) is 70.4 Å². The first-order valence-electron chi connectivity index (χ1n) is 8.06. The molecule has 20 heavy (non-hydrogen) atoms. The van der Waals surface area contributed by atoms with Crippen LogP contribution in [0.15, 0.2) is 18.3 Å². The highest BCUT2D eigenvalue weighted by atomic mass is 15.1. The number of aryl methyl sites for hydroxylation is 1. The van der Waals surface area contributed by atoms with E-state index in [0.717, 1.165) is 13.1 Å². The van der Waals surface area contributed by atoms with Crippen LogP contribution in [0.1, 0.15) is 49.9 Å². The minimum Gasteiger partial charge on any atom is -0.316 e. The molecule has 1 aromatic rings. The summed E-state index contributed by atoms with van der Waals surface area (Å²) in [5.41, 5.74) is 2.48. The minimum atomic E-state index is 0.461. The smallest absolute Gasteiger partial charge is 0.0578 e. The van der Waals surface area contributed by atoms with Crippen molar-refractivity contribution in [3.05, 3.63) is 29.6 Å². The zero-order valence-corrected chi connectivity index (χ0v) is 13.2. The van der Waals surface area contributed by atoms with E-state index < -0.39 is 0 Å². The van der Waals surface area contributed by atoms with E-state index in [2.05, 4.69) is 43.2 Å². The summed E-state index contributed by atoms with van der Waals surface area (Å²) < 4.78 is 0. The van der Waals surface area contributed by atoms with Gasteiger partial charge in [-0.2, -0.15) is 0 Å². The van der Waals surface area contributed by atoms with Gasteiger partial charge in [-0.25, -0.2) is 0 Å². The van der Waals surface area contributed by atoms with Gasteiger partial charge >= 0.3 is 0 Å².